The van der Waals surface area contributed by atoms with Gasteiger partial charge in [0.25, 0.3) is 12.2 Å². The number of hydrogen-bond donors (Lipinski definition) is 1. The highest BCUT2D eigenvalue weighted by Gasteiger charge is 2.43. The Labute approximate surface area is 236 Å². The third kappa shape index (κ3) is 5.11. The van der Waals surface area contributed by atoms with Crippen molar-refractivity contribution in [2.45, 2.75) is 75.9 Å². The molecule has 1 N–H and O–H groups in total. The summed E-state index contributed by atoms with van der Waals surface area (Å²) in [5.41, 5.74) is 1.79. The molecule has 8 nitrogen and oxygen atoms in total. The number of ether oxygens (including phenoxy) is 1. The van der Waals surface area contributed by atoms with Gasteiger partial charge in [0.05, 0.1) is 37.0 Å². The number of amides is 1. The molecule has 3 aliphatic rings. The summed E-state index contributed by atoms with van der Waals surface area (Å²) < 4.78 is 52.0. The van der Waals surface area contributed by atoms with E-state index in [2.05, 4.69) is 17.3 Å². The molecule has 1 amide bonds. The van der Waals surface area contributed by atoms with E-state index in [1.807, 2.05) is 25.2 Å². The maximum Gasteiger partial charge on any atom is 0.416 e. The van der Waals surface area contributed by atoms with Crippen molar-refractivity contribution < 1.29 is 27.4 Å². The number of fused-ring (bicyclic) bond motifs is 1. The summed E-state index contributed by atoms with van der Waals surface area (Å²) in [6, 6.07) is 10.4. The molecule has 2 fully saturated rings. The van der Waals surface area contributed by atoms with E-state index in [9.17, 15) is 18.0 Å². The van der Waals surface area contributed by atoms with E-state index in [0.29, 0.717) is 29.8 Å². The fraction of sp³-hybridized carbons (Fsp3) is 0.467. The van der Waals surface area contributed by atoms with E-state index < -0.39 is 17.6 Å². The second kappa shape index (κ2) is 10.3. The number of para-hydroxylation sites is 1. The third-order valence-corrected chi connectivity index (χ3v) is 8.72. The Kier molecular flexibility index (Phi) is 6.86. The van der Waals surface area contributed by atoms with Crippen molar-refractivity contribution >= 4 is 11.6 Å². The molecule has 0 unspecified atom stereocenters. The minimum atomic E-state index is -4.60. The second-order valence-corrected chi connectivity index (χ2v) is 11.7. The van der Waals surface area contributed by atoms with Gasteiger partial charge in [0.2, 0.25) is 6.33 Å². The zero-order valence-electron chi connectivity index (χ0n) is 23.0. The molecule has 214 valence electrons. The number of anilines is 1. The highest BCUT2D eigenvalue weighted by atomic mass is 19.4. The highest BCUT2D eigenvalue weighted by molar-refractivity contribution is 6.11. The highest BCUT2D eigenvalue weighted by Crippen LogP contribution is 2.45. The fourth-order valence-corrected chi connectivity index (χ4v) is 6.16. The van der Waals surface area contributed by atoms with Crippen LogP contribution in [0.5, 0.6) is 0 Å². The minimum Gasteiger partial charge on any atom is -0.363 e. The van der Waals surface area contributed by atoms with Gasteiger partial charge in [-0.3, -0.25) is 9.69 Å². The molecule has 11 heteroatoms. The van der Waals surface area contributed by atoms with E-state index in [1.54, 1.807) is 34.0 Å². The van der Waals surface area contributed by atoms with Crippen LogP contribution in [0.2, 0.25) is 0 Å². The number of carbonyl (C=O) groups is 1. The lowest BCUT2D eigenvalue weighted by atomic mass is 9.76. The number of rotatable bonds is 8. The average Bonchev–Trinajstić information content (AvgIpc) is 3.47. The van der Waals surface area contributed by atoms with Crippen LogP contribution >= 0.6 is 0 Å². The van der Waals surface area contributed by atoms with Crippen molar-refractivity contribution in [2.24, 2.45) is 7.05 Å². The van der Waals surface area contributed by atoms with Gasteiger partial charge in [-0.1, -0.05) is 16.8 Å². The fourth-order valence-electron chi connectivity index (χ4n) is 6.16. The number of hydrogen-bond acceptors (Lipinski definition) is 5. The lowest BCUT2D eigenvalue weighted by Gasteiger charge is -2.39. The summed E-state index contributed by atoms with van der Waals surface area (Å²) in [6.07, 6.45) is 3.22. The third-order valence-electron chi connectivity index (χ3n) is 8.72. The lowest BCUT2D eigenvalue weighted by Crippen LogP contribution is -2.47. The Morgan fingerprint density at radius 3 is 2.68 bits per heavy atom. The maximum absolute atomic E-state index is 14.3. The first-order chi connectivity index (χ1) is 19.6. The van der Waals surface area contributed by atoms with Gasteiger partial charge in [-0.05, 0) is 79.4 Å². The first-order valence-electron chi connectivity index (χ1n) is 13.9. The van der Waals surface area contributed by atoms with Crippen molar-refractivity contribution in [1.82, 2.24) is 15.0 Å². The molecule has 3 aromatic rings. The van der Waals surface area contributed by atoms with Gasteiger partial charge in [0.15, 0.2) is 5.69 Å². The summed E-state index contributed by atoms with van der Waals surface area (Å²) in [5, 5.41) is 16.7. The Balaban J connectivity index is 1.37. The van der Waals surface area contributed by atoms with Crippen LogP contribution in [0.1, 0.15) is 77.6 Å². The van der Waals surface area contributed by atoms with Gasteiger partial charge in [-0.25, -0.2) is 4.57 Å². The largest absolute Gasteiger partial charge is 0.416 e. The Morgan fingerprint density at radius 2 is 2.05 bits per heavy atom. The molecule has 2 saturated carbocycles. The van der Waals surface area contributed by atoms with Crippen LogP contribution in [-0.2, 0) is 31.1 Å². The molecular formula is C30H32F3N6O2+. The molecule has 2 heterocycles. The van der Waals surface area contributed by atoms with Gasteiger partial charge in [0.1, 0.15) is 6.61 Å². The van der Waals surface area contributed by atoms with Crippen LogP contribution in [0.15, 0.2) is 43.0 Å². The first-order valence-corrected chi connectivity index (χ1v) is 13.9. The van der Waals surface area contributed by atoms with E-state index >= 15 is 0 Å². The second-order valence-electron chi connectivity index (χ2n) is 11.7. The smallest absolute Gasteiger partial charge is 0.363 e. The standard InChI is InChI=1S/C30H32F3N6O2/c1-29(7-4-8-29)35-15-19-11-23-24(25(12-19)30(31,32)33)16-38(28(23)40)26-6-3-5-22(20-13-21(14-20)41-10-9-34)27(26)39-18-37(2)17-36-39/h3,5-6,11-12,17-18,20-21,35H,4,7-8,10,13-16H2,1-2H3/q+1/t20-,21+. The van der Waals surface area contributed by atoms with E-state index in [-0.39, 0.29) is 48.4 Å². The molecule has 0 radical (unpaired) electrons. The maximum atomic E-state index is 14.3. The Bertz CT molecular complexity index is 1530. The van der Waals surface area contributed by atoms with Crippen LogP contribution in [-0.4, -0.2) is 33.8 Å². The summed E-state index contributed by atoms with van der Waals surface area (Å²) in [7, 11) is 1.83. The average molecular weight is 566 g/mol. The molecule has 2 aliphatic carbocycles. The number of nitrogens with one attached hydrogen (secondary N) is 1. The molecule has 0 atom stereocenters. The molecule has 0 saturated heterocycles. The molecular weight excluding hydrogens is 533 g/mol. The number of alkyl halides is 3. The molecule has 0 spiro atoms. The van der Waals surface area contributed by atoms with Crippen molar-refractivity contribution in [2.75, 3.05) is 11.5 Å². The van der Waals surface area contributed by atoms with E-state index in [0.717, 1.165) is 24.8 Å². The first kappa shape index (κ1) is 27.4. The van der Waals surface area contributed by atoms with Crippen LogP contribution in [0.4, 0.5) is 18.9 Å². The lowest BCUT2D eigenvalue weighted by molar-refractivity contribution is -0.657. The molecule has 0 bridgehead atoms. The predicted octanol–water partition coefficient (Wildman–Crippen LogP) is 4.69. The Morgan fingerprint density at radius 1 is 1.27 bits per heavy atom. The van der Waals surface area contributed by atoms with Crippen molar-refractivity contribution in [3.05, 3.63) is 70.8 Å². The zero-order chi connectivity index (χ0) is 28.9. The SMILES string of the molecule is Cn1cn[n+](-c2c(N3Cc4c(cc(CNC5(C)CCC5)cc4C(F)(F)F)C3=O)cccc2[C@H]2C[C@@H](OCC#N)C2)c1. The van der Waals surface area contributed by atoms with Crippen LogP contribution in [0.3, 0.4) is 0 Å². The van der Waals surface area contributed by atoms with Gasteiger partial charge in [0, 0.05) is 23.2 Å². The normalized spacial score (nSPS) is 21.3. The number of carbonyl (C=O) groups excluding carboxylic acids is 1. The number of nitrogens with zero attached hydrogens (tertiary/aromatic N) is 5. The molecule has 1 aromatic heterocycles. The quantitative estimate of drug-likeness (QED) is 0.401. The number of aryl methyl sites for hydroxylation is 1. The number of halogens is 3. The predicted molar refractivity (Wildman–Crippen MR) is 143 cm³/mol. The Hall–Kier alpha value is -3.75. The summed E-state index contributed by atoms with van der Waals surface area (Å²) in [6.45, 7) is 2.18. The summed E-state index contributed by atoms with van der Waals surface area (Å²) >= 11 is 0. The summed E-state index contributed by atoms with van der Waals surface area (Å²) in [5.74, 6) is -0.361. The topological polar surface area (TPSA) is 87.1 Å². The van der Waals surface area contributed by atoms with Crippen molar-refractivity contribution in [1.29, 1.82) is 5.26 Å². The van der Waals surface area contributed by atoms with Crippen molar-refractivity contribution in [3.8, 4) is 11.8 Å². The molecule has 2 aromatic carbocycles. The van der Waals surface area contributed by atoms with Gasteiger partial charge >= 0.3 is 6.18 Å². The van der Waals surface area contributed by atoms with Crippen LogP contribution in [0.25, 0.3) is 5.69 Å². The van der Waals surface area contributed by atoms with Crippen molar-refractivity contribution in [3.63, 3.8) is 0 Å². The number of aromatic nitrogens is 3. The number of nitriles is 1. The van der Waals surface area contributed by atoms with Gasteiger partial charge in [-0.15, -0.1) is 0 Å². The van der Waals surface area contributed by atoms with Crippen LogP contribution in [0, 0.1) is 11.3 Å². The summed E-state index contributed by atoms with van der Waals surface area (Å²) in [4.78, 5) is 15.3. The molecule has 1 aliphatic heterocycles. The molecule has 6 rings (SSSR count). The van der Waals surface area contributed by atoms with Gasteiger partial charge in [-0.2, -0.15) is 18.4 Å². The minimum absolute atomic E-state index is 0.00269. The monoisotopic (exact) mass is 565 g/mol. The zero-order valence-corrected chi connectivity index (χ0v) is 23.0. The van der Waals surface area contributed by atoms with Crippen LogP contribution < -0.4 is 14.9 Å². The van der Waals surface area contributed by atoms with E-state index in [1.165, 1.54) is 11.0 Å². The van der Waals surface area contributed by atoms with E-state index in [4.69, 9.17) is 10.00 Å². The number of benzene rings is 2. The molecule has 41 heavy (non-hydrogen) atoms. The van der Waals surface area contributed by atoms with Gasteiger partial charge < -0.3 is 10.1 Å².